The first kappa shape index (κ1) is 17.8. The predicted octanol–water partition coefficient (Wildman–Crippen LogP) is 3.58. The van der Waals surface area contributed by atoms with Crippen LogP contribution in [0.4, 0.5) is 0 Å². The van der Waals surface area contributed by atoms with Gasteiger partial charge in [0.2, 0.25) is 5.91 Å². The third-order valence-corrected chi connectivity index (χ3v) is 5.53. The number of nitrogens with zero attached hydrogens (tertiary/aromatic N) is 1. The summed E-state index contributed by atoms with van der Waals surface area (Å²) in [5.41, 5.74) is -0.875. The van der Waals surface area contributed by atoms with Crippen molar-refractivity contribution in [3.8, 4) is 0 Å². The molecular weight excluding hydrogens is 314 g/mol. The Kier molecular flexibility index (Phi) is 4.76. The number of carbonyl (C=O) groups is 2. The molecule has 0 saturated carbocycles. The van der Waals surface area contributed by atoms with E-state index in [1.165, 1.54) is 0 Å². The third-order valence-electron chi connectivity index (χ3n) is 5.20. The van der Waals surface area contributed by atoms with Crippen LogP contribution in [-0.4, -0.2) is 35.0 Å². The number of carboxylic acid groups (broad SMARTS) is 1. The van der Waals surface area contributed by atoms with E-state index in [0.29, 0.717) is 18.0 Å². The molecule has 23 heavy (non-hydrogen) atoms. The molecule has 0 bridgehead atoms. The smallest absolute Gasteiger partial charge is 0.311 e. The molecule has 2 rings (SSSR count). The van der Waals surface area contributed by atoms with Gasteiger partial charge in [-0.15, -0.1) is 0 Å². The number of likely N-dealkylation sites (tertiary alicyclic amines) is 1. The summed E-state index contributed by atoms with van der Waals surface area (Å²) < 4.78 is 0. The van der Waals surface area contributed by atoms with Gasteiger partial charge in [-0.2, -0.15) is 0 Å². The number of hydrogen-bond donors (Lipinski definition) is 1. The van der Waals surface area contributed by atoms with Gasteiger partial charge < -0.3 is 10.0 Å². The van der Waals surface area contributed by atoms with E-state index >= 15 is 0 Å². The van der Waals surface area contributed by atoms with Crippen LogP contribution in [0.2, 0.25) is 5.02 Å². The quantitative estimate of drug-likeness (QED) is 0.913. The van der Waals surface area contributed by atoms with Crippen LogP contribution < -0.4 is 0 Å². The first-order chi connectivity index (χ1) is 10.6. The molecule has 1 amide bonds. The van der Waals surface area contributed by atoms with Crippen LogP contribution in [0.15, 0.2) is 24.3 Å². The molecule has 4 nitrogen and oxygen atoms in total. The van der Waals surface area contributed by atoms with Gasteiger partial charge in [-0.1, -0.05) is 43.6 Å². The molecule has 1 N–H and O–H groups in total. The molecule has 126 valence electrons. The van der Waals surface area contributed by atoms with E-state index in [4.69, 9.17) is 11.6 Å². The second-order valence-corrected chi connectivity index (χ2v) is 7.60. The van der Waals surface area contributed by atoms with Gasteiger partial charge in [-0.25, -0.2) is 0 Å². The number of halogens is 1. The van der Waals surface area contributed by atoms with Crippen LogP contribution in [-0.2, 0) is 15.0 Å². The molecule has 1 atom stereocenters. The zero-order chi connectivity index (χ0) is 17.4. The highest BCUT2D eigenvalue weighted by Gasteiger charge is 2.50. The van der Waals surface area contributed by atoms with E-state index in [9.17, 15) is 14.7 Å². The zero-order valence-corrected chi connectivity index (χ0v) is 14.9. The molecule has 1 heterocycles. The highest BCUT2D eigenvalue weighted by Crippen LogP contribution is 2.40. The van der Waals surface area contributed by atoms with Gasteiger partial charge in [-0.3, -0.25) is 9.59 Å². The standard InChI is InChI=1S/C18H24ClNO3/c1-12(2)18(16(22)23)9-10-20(11-18)15(21)17(3,4)13-7-5-6-8-14(13)19/h5-8,12H,9-11H2,1-4H3,(H,22,23). The molecule has 1 aromatic rings. The second kappa shape index (κ2) is 6.16. The van der Waals surface area contributed by atoms with Crippen LogP contribution in [0, 0.1) is 11.3 Å². The highest BCUT2D eigenvalue weighted by atomic mass is 35.5. The minimum Gasteiger partial charge on any atom is -0.481 e. The molecule has 5 heteroatoms. The van der Waals surface area contributed by atoms with Crippen molar-refractivity contribution < 1.29 is 14.7 Å². The van der Waals surface area contributed by atoms with Crippen LogP contribution >= 0.6 is 11.6 Å². The number of aliphatic carboxylic acids is 1. The summed E-state index contributed by atoms with van der Waals surface area (Å²) in [6, 6.07) is 7.31. The molecular formula is C18H24ClNO3. The number of hydrogen-bond acceptors (Lipinski definition) is 2. The Hall–Kier alpha value is -1.55. The summed E-state index contributed by atoms with van der Waals surface area (Å²) in [4.78, 5) is 26.5. The van der Waals surface area contributed by atoms with E-state index < -0.39 is 16.8 Å². The Balaban J connectivity index is 2.28. The first-order valence-electron chi connectivity index (χ1n) is 7.90. The van der Waals surface area contributed by atoms with Gasteiger partial charge in [0, 0.05) is 18.1 Å². The molecule has 1 unspecified atom stereocenters. The average molecular weight is 338 g/mol. The predicted molar refractivity (Wildman–Crippen MR) is 90.6 cm³/mol. The summed E-state index contributed by atoms with van der Waals surface area (Å²) >= 11 is 6.25. The normalized spacial score (nSPS) is 21.7. The molecule has 1 fully saturated rings. The van der Waals surface area contributed by atoms with Gasteiger partial charge in [-0.05, 0) is 37.8 Å². The monoisotopic (exact) mass is 337 g/mol. The Morgan fingerprint density at radius 3 is 2.39 bits per heavy atom. The highest BCUT2D eigenvalue weighted by molar-refractivity contribution is 6.31. The van der Waals surface area contributed by atoms with Crippen LogP contribution in [0.25, 0.3) is 0 Å². The number of amides is 1. The summed E-state index contributed by atoms with van der Waals surface area (Å²) in [5, 5.41) is 10.2. The Morgan fingerprint density at radius 1 is 1.30 bits per heavy atom. The fourth-order valence-corrected chi connectivity index (χ4v) is 3.75. The number of carbonyl (C=O) groups excluding carboxylic acids is 1. The summed E-state index contributed by atoms with van der Waals surface area (Å²) in [6.07, 6.45) is 0.490. The zero-order valence-electron chi connectivity index (χ0n) is 14.1. The van der Waals surface area contributed by atoms with Gasteiger partial charge in [0.25, 0.3) is 0 Å². The number of carboxylic acids is 1. The van der Waals surface area contributed by atoms with Crippen molar-refractivity contribution in [3.63, 3.8) is 0 Å². The van der Waals surface area contributed by atoms with E-state index in [2.05, 4.69) is 0 Å². The molecule has 1 saturated heterocycles. The molecule has 1 aliphatic rings. The van der Waals surface area contributed by atoms with E-state index in [0.717, 1.165) is 5.56 Å². The van der Waals surface area contributed by atoms with E-state index in [1.807, 2.05) is 45.9 Å². The van der Waals surface area contributed by atoms with Gasteiger partial charge in [0.1, 0.15) is 0 Å². The largest absolute Gasteiger partial charge is 0.481 e. The second-order valence-electron chi connectivity index (χ2n) is 7.20. The number of rotatable bonds is 4. The maximum atomic E-state index is 13.0. The lowest BCUT2D eigenvalue weighted by molar-refractivity contribution is -0.151. The Labute approximate surface area is 142 Å². The van der Waals surface area contributed by atoms with Crippen LogP contribution in [0.1, 0.15) is 39.7 Å². The van der Waals surface area contributed by atoms with Crippen molar-refractivity contribution in [2.75, 3.05) is 13.1 Å². The van der Waals surface area contributed by atoms with Gasteiger partial charge in [0.05, 0.1) is 10.8 Å². The van der Waals surface area contributed by atoms with Crippen molar-refractivity contribution in [1.29, 1.82) is 0 Å². The Morgan fingerprint density at radius 2 is 1.91 bits per heavy atom. The molecule has 0 aliphatic carbocycles. The molecule has 1 aliphatic heterocycles. The fraction of sp³-hybridized carbons (Fsp3) is 0.556. The SMILES string of the molecule is CC(C)C1(C(=O)O)CCN(C(=O)C(C)(C)c2ccccc2Cl)C1. The lowest BCUT2D eigenvalue weighted by Crippen LogP contribution is -2.45. The Bertz CT molecular complexity index is 626. The maximum absolute atomic E-state index is 13.0. The van der Waals surface area contributed by atoms with Crippen molar-refractivity contribution in [2.24, 2.45) is 11.3 Å². The average Bonchev–Trinajstić information content (AvgIpc) is 2.93. The summed E-state index contributed by atoms with van der Waals surface area (Å²) in [5.74, 6) is -0.922. The summed E-state index contributed by atoms with van der Waals surface area (Å²) in [6.45, 7) is 8.21. The third kappa shape index (κ3) is 2.97. The maximum Gasteiger partial charge on any atom is 0.311 e. The molecule has 0 radical (unpaired) electrons. The lowest BCUT2D eigenvalue weighted by Gasteiger charge is -2.33. The van der Waals surface area contributed by atoms with Crippen molar-refractivity contribution >= 4 is 23.5 Å². The van der Waals surface area contributed by atoms with Gasteiger partial charge >= 0.3 is 5.97 Å². The molecule has 0 aromatic heterocycles. The molecule has 0 spiro atoms. The minimum absolute atomic E-state index is 0.0266. The first-order valence-corrected chi connectivity index (χ1v) is 8.28. The molecule has 1 aromatic carbocycles. The fourth-order valence-electron chi connectivity index (χ4n) is 3.38. The van der Waals surface area contributed by atoms with Crippen molar-refractivity contribution in [2.45, 2.75) is 39.5 Å². The van der Waals surface area contributed by atoms with E-state index in [-0.39, 0.29) is 18.4 Å². The minimum atomic E-state index is -0.855. The summed E-state index contributed by atoms with van der Waals surface area (Å²) in [7, 11) is 0. The van der Waals surface area contributed by atoms with E-state index in [1.54, 1.807) is 11.0 Å². The lowest BCUT2D eigenvalue weighted by atomic mass is 9.76. The van der Waals surface area contributed by atoms with Crippen LogP contribution in [0.5, 0.6) is 0 Å². The van der Waals surface area contributed by atoms with Crippen molar-refractivity contribution in [3.05, 3.63) is 34.9 Å². The van der Waals surface area contributed by atoms with Gasteiger partial charge in [0.15, 0.2) is 0 Å². The topological polar surface area (TPSA) is 57.6 Å². The van der Waals surface area contributed by atoms with Crippen LogP contribution in [0.3, 0.4) is 0 Å². The number of benzene rings is 1. The van der Waals surface area contributed by atoms with Crippen molar-refractivity contribution in [1.82, 2.24) is 4.90 Å².